The Kier molecular flexibility index (Phi) is 3.19. The lowest BCUT2D eigenvalue weighted by Gasteiger charge is -2.23. The lowest BCUT2D eigenvalue weighted by Crippen LogP contribution is -2.28. The van der Waals surface area contributed by atoms with E-state index in [0.717, 1.165) is 29.5 Å². The van der Waals surface area contributed by atoms with E-state index in [1.807, 2.05) is 6.07 Å². The van der Waals surface area contributed by atoms with Crippen LogP contribution in [0.5, 0.6) is 0 Å². The molecule has 1 aromatic rings. The van der Waals surface area contributed by atoms with Crippen molar-refractivity contribution in [3.63, 3.8) is 0 Å². The van der Waals surface area contributed by atoms with Gasteiger partial charge in [0.25, 0.3) is 0 Å². The molecule has 1 fully saturated rings. The minimum absolute atomic E-state index is 0.153. The largest absolute Gasteiger partial charge is 0.316 e. The lowest BCUT2D eigenvalue weighted by atomic mass is 9.92. The van der Waals surface area contributed by atoms with Gasteiger partial charge in [0.15, 0.2) is 0 Å². The summed E-state index contributed by atoms with van der Waals surface area (Å²) in [4.78, 5) is 0. The first-order valence-corrected chi connectivity index (χ1v) is 5.72. The van der Waals surface area contributed by atoms with Gasteiger partial charge in [-0.2, -0.15) is 0 Å². The molecule has 1 N–H and O–H groups in total. The fourth-order valence-electron chi connectivity index (χ4n) is 1.95. The van der Waals surface area contributed by atoms with Crippen LogP contribution >= 0.6 is 15.9 Å². The zero-order valence-electron chi connectivity index (χ0n) is 7.89. The molecule has 0 radical (unpaired) electrons. The molecule has 0 saturated carbocycles. The minimum atomic E-state index is -0.153. The third-order valence-electron chi connectivity index (χ3n) is 2.65. The van der Waals surface area contributed by atoms with Crippen LogP contribution in [0.3, 0.4) is 0 Å². The van der Waals surface area contributed by atoms with E-state index in [0.29, 0.717) is 5.92 Å². The minimum Gasteiger partial charge on any atom is -0.316 e. The number of benzene rings is 1. The molecular weight excluding hydrogens is 245 g/mol. The number of rotatable bonds is 1. The van der Waals surface area contributed by atoms with Crippen LogP contribution in [-0.2, 0) is 0 Å². The van der Waals surface area contributed by atoms with E-state index >= 15 is 0 Å². The van der Waals surface area contributed by atoms with Crippen LogP contribution in [0.25, 0.3) is 0 Å². The second-order valence-corrected chi connectivity index (χ2v) is 4.66. The van der Waals surface area contributed by atoms with E-state index < -0.39 is 0 Å². The summed E-state index contributed by atoms with van der Waals surface area (Å²) in [6.07, 6.45) is 2.34. The highest BCUT2D eigenvalue weighted by Crippen LogP contribution is 2.26. The predicted molar refractivity (Wildman–Crippen MR) is 58.9 cm³/mol. The van der Waals surface area contributed by atoms with Crippen LogP contribution in [0.15, 0.2) is 22.7 Å². The summed E-state index contributed by atoms with van der Waals surface area (Å²) in [6, 6.07) is 5.16. The molecule has 0 aliphatic carbocycles. The van der Waals surface area contributed by atoms with Crippen molar-refractivity contribution in [3.8, 4) is 0 Å². The molecule has 0 amide bonds. The van der Waals surface area contributed by atoms with Gasteiger partial charge in [-0.05, 0) is 49.1 Å². The highest BCUT2D eigenvalue weighted by atomic mass is 79.9. The number of hydrogen-bond donors (Lipinski definition) is 1. The van der Waals surface area contributed by atoms with Crippen molar-refractivity contribution in [2.75, 3.05) is 13.1 Å². The number of nitrogens with one attached hydrogen (secondary N) is 1. The molecule has 1 unspecified atom stereocenters. The average molecular weight is 258 g/mol. The Balaban J connectivity index is 2.21. The Hall–Kier alpha value is -0.410. The fourth-order valence-corrected chi connectivity index (χ4v) is 2.43. The molecule has 1 aliphatic heterocycles. The Morgan fingerprint density at radius 1 is 1.36 bits per heavy atom. The molecule has 1 heterocycles. The van der Waals surface area contributed by atoms with Gasteiger partial charge in [-0.15, -0.1) is 0 Å². The van der Waals surface area contributed by atoms with Gasteiger partial charge in [-0.1, -0.05) is 15.9 Å². The molecule has 1 nitrogen and oxygen atoms in total. The Morgan fingerprint density at radius 3 is 2.86 bits per heavy atom. The molecular formula is C11H13BrFN. The quantitative estimate of drug-likeness (QED) is 0.816. The zero-order chi connectivity index (χ0) is 9.97. The van der Waals surface area contributed by atoms with Crippen LogP contribution in [0, 0.1) is 5.82 Å². The average Bonchev–Trinajstić information content (AvgIpc) is 2.18. The zero-order valence-corrected chi connectivity index (χ0v) is 9.48. The van der Waals surface area contributed by atoms with Crippen LogP contribution in [0.1, 0.15) is 24.3 Å². The summed E-state index contributed by atoms with van der Waals surface area (Å²) in [7, 11) is 0. The monoisotopic (exact) mass is 257 g/mol. The van der Waals surface area contributed by atoms with E-state index in [9.17, 15) is 4.39 Å². The van der Waals surface area contributed by atoms with E-state index in [-0.39, 0.29) is 5.82 Å². The van der Waals surface area contributed by atoms with Gasteiger partial charge in [-0.25, -0.2) is 4.39 Å². The van der Waals surface area contributed by atoms with Crippen molar-refractivity contribution in [2.24, 2.45) is 0 Å². The maximum absolute atomic E-state index is 13.1. The van der Waals surface area contributed by atoms with Crippen molar-refractivity contribution in [1.29, 1.82) is 0 Å². The maximum Gasteiger partial charge on any atom is 0.124 e. The molecule has 3 heteroatoms. The van der Waals surface area contributed by atoms with E-state index in [4.69, 9.17) is 0 Å². The molecule has 1 aromatic carbocycles. The first-order valence-electron chi connectivity index (χ1n) is 4.92. The second kappa shape index (κ2) is 4.41. The molecule has 0 aromatic heterocycles. The normalized spacial score (nSPS) is 22.3. The molecule has 0 spiro atoms. The van der Waals surface area contributed by atoms with Gasteiger partial charge in [0.1, 0.15) is 5.82 Å². The molecule has 0 bridgehead atoms. The van der Waals surface area contributed by atoms with Crippen molar-refractivity contribution in [2.45, 2.75) is 18.8 Å². The van der Waals surface area contributed by atoms with Crippen LogP contribution < -0.4 is 5.32 Å². The van der Waals surface area contributed by atoms with E-state index in [2.05, 4.69) is 21.2 Å². The molecule has 1 aliphatic rings. The fraction of sp³-hybridized carbons (Fsp3) is 0.455. The summed E-state index contributed by atoms with van der Waals surface area (Å²) >= 11 is 3.32. The number of piperidine rings is 1. The van der Waals surface area contributed by atoms with Crippen molar-refractivity contribution in [1.82, 2.24) is 5.32 Å². The van der Waals surface area contributed by atoms with Gasteiger partial charge in [0.2, 0.25) is 0 Å². The summed E-state index contributed by atoms with van der Waals surface area (Å²) < 4.78 is 14.0. The Labute approximate surface area is 91.8 Å². The number of halogens is 2. The number of hydrogen-bond acceptors (Lipinski definition) is 1. The summed E-state index contributed by atoms with van der Waals surface area (Å²) in [6.45, 7) is 2.06. The molecule has 1 atom stereocenters. The highest BCUT2D eigenvalue weighted by molar-refractivity contribution is 9.10. The van der Waals surface area contributed by atoms with Gasteiger partial charge in [0.05, 0.1) is 0 Å². The maximum atomic E-state index is 13.1. The molecule has 76 valence electrons. The van der Waals surface area contributed by atoms with Crippen LogP contribution in [0.2, 0.25) is 0 Å². The highest BCUT2D eigenvalue weighted by Gasteiger charge is 2.15. The van der Waals surface area contributed by atoms with Gasteiger partial charge in [0, 0.05) is 11.0 Å². The first-order chi connectivity index (χ1) is 6.75. The molecule has 2 rings (SSSR count). The summed E-state index contributed by atoms with van der Waals surface area (Å²) in [5.74, 6) is 0.315. The molecule has 14 heavy (non-hydrogen) atoms. The van der Waals surface area contributed by atoms with Crippen LogP contribution in [-0.4, -0.2) is 13.1 Å². The third kappa shape index (κ3) is 2.34. The topological polar surface area (TPSA) is 12.0 Å². The van der Waals surface area contributed by atoms with E-state index in [1.54, 1.807) is 6.07 Å². The van der Waals surface area contributed by atoms with E-state index in [1.165, 1.54) is 12.5 Å². The summed E-state index contributed by atoms with van der Waals surface area (Å²) in [5, 5.41) is 3.33. The van der Waals surface area contributed by atoms with Crippen molar-refractivity contribution < 1.29 is 4.39 Å². The molecule has 1 saturated heterocycles. The first kappa shape index (κ1) is 10.1. The van der Waals surface area contributed by atoms with Crippen molar-refractivity contribution in [3.05, 3.63) is 34.1 Å². The summed E-state index contributed by atoms with van der Waals surface area (Å²) in [5.41, 5.74) is 1.10. The SMILES string of the molecule is Fc1cc(Br)cc(C2CCCNC2)c1. The third-order valence-corrected chi connectivity index (χ3v) is 3.11. The van der Waals surface area contributed by atoms with Crippen molar-refractivity contribution >= 4 is 15.9 Å². The Bertz CT molecular complexity index is 301. The van der Waals surface area contributed by atoms with Gasteiger partial charge in [-0.3, -0.25) is 0 Å². The van der Waals surface area contributed by atoms with Gasteiger partial charge >= 0.3 is 0 Å². The van der Waals surface area contributed by atoms with Gasteiger partial charge < -0.3 is 5.32 Å². The lowest BCUT2D eigenvalue weighted by molar-refractivity contribution is 0.459. The smallest absolute Gasteiger partial charge is 0.124 e. The van der Waals surface area contributed by atoms with Crippen LogP contribution in [0.4, 0.5) is 4.39 Å². The Morgan fingerprint density at radius 2 is 2.21 bits per heavy atom. The second-order valence-electron chi connectivity index (χ2n) is 3.75. The standard InChI is InChI=1S/C11H13BrFN/c12-10-4-9(5-11(13)6-10)8-2-1-3-14-7-8/h4-6,8,14H,1-3,7H2. The predicted octanol–water partition coefficient (Wildman–Crippen LogP) is 3.06.